The Hall–Kier alpha value is -1.39. The second kappa shape index (κ2) is 3.62. The van der Waals surface area contributed by atoms with Crippen molar-refractivity contribution in [2.45, 2.75) is 47.0 Å². The van der Waals surface area contributed by atoms with E-state index in [1.165, 1.54) is 4.90 Å². The Kier molecular flexibility index (Phi) is 2.46. The van der Waals surface area contributed by atoms with Crippen molar-refractivity contribution < 1.29 is 14.4 Å². The molecule has 3 fully saturated rings. The summed E-state index contributed by atoms with van der Waals surface area (Å²) in [5.41, 5.74) is -0.722. The molecule has 0 aromatic carbocycles. The molecule has 0 aromatic rings. The van der Waals surface area contributed by atoms with Gasteiger partial charge in [0.15, 0.2) is 0 Å². The van der Waals surface area contributed by atoms with Crippen LogP contribution in [-0.4, -0.2) is 29.3 Å². The summed E-state index contributed by atoms with van der Waals surface area (Å²) < 4.78 is 0. The molecule has 3 aliphatic rings. The van der Waals surface area contributed by atoms with Crippen LogP contribution in [0.5, 0.6) is 0 Å². The van der Waals surface area contributed by atoms with Gasteiger partial charge in [-0.25, -0.2) is 4.79 Å². The minimum atomic E-state index is -0.947. The van der Waals surface area contributed by atoms with Crippen molar-refractivity contribution in [3.05, 3.63) is 0 Å². The highest BCUT2D eigenvalue weighted by Crippen LogP contribution is 2.68. The van der Waals surface area contributed by atoms with Crippen molar-refractivity contribution in [1.82, 2.24) is 10.2 Å². The lowest BCUT2D eigenvalue weighted by Gasteiger charge is -2.44. The summed E-state index contributed by atoms with van der Waals surface area (Å²) in [4.78, 5) is 37.8. The van der Waals surface area contributed by atoms with Gasteiger partial charge in [0.2, 0.25) is 11.8 Å². The number of barbiturate groups is 1. The van der Waals surface area contributed by atoms with E-state index in [0.717, 1.165) is 6.42 Å². The second-order valence-electron chi connectivity index (χ2n) is 7.61. The highest BCUT2D eigenvalue weighted by atomic mass is 16.2. The standard InChI is InChI=1S/C15H22N2O3/c1-13(2)9(14(13,3)4)8-17-11(19)15(6-5-7-15)10(18)16-12(17)20/h9H,5-8H2,1-4H3,(H,16,18,20). The molecule has 5 heteroatoms. The van der Waals surface area contributed by atoms with Crippen molar-refractivity contribution in [2.75, 3.05) is 6.54 Å². The molecule has 1 aliphatic heterocycles. The largest absolute Gasteiger partial charge is 0.330 e. The molecule has 2 aliphatic carbocycles. The highest BCUT2D eigenvalue weighted by Gasteiger charge is 2.66. The van der Waals surface area contributed by atoms with Gasteiger partial charge < -0.3 is 0 Å². The zero-order valence-corrected chi connectivity index (χ0v) is 12.6. The molecule has 5 nitrogen and oxygen atoms in total. The first-order chi connectivity index (χ1) is 9.14. The summed E-state index contributed by atoms with van der Waals surface area (Å²) in [6, 6.07) is -0.545. The Labute approximate surface area is 119 Å². The number of imide groups is 2. The zero-order valence-electron chi connectivity index (χ0n) is 12.6. The summed E-state index contributed by atoms with van der Waals surface area (Å²) in [7, 11) is 0. The van der Waals surface area contributed by atoms with Gasteiger partial charge in [-0.1, -0.05) is 34.1 Å². The van der Waals surface area contributed by atoms with Gasteiger partial charge in [-0.3, -0.25) is 19.8 Å². The molecular weight excluding hydrogens is 256 g/mol. The van der Waals surface area contributed by atoms with Crippen LogP contribution in [0.25, 0.3) is 0 Å². The van der Waals surface area contributed by atoms with E-state index >= 15 is 0 Å². The minimum Gasteiger partial charge on any atom is -0.277 e. The Morgan fingerprint density at radius 2 is 1.65 bits per heavy atom. The van der Waals surface area contributed by atoms with Gasteiger partial charge in [0.05, 0.1) is 0 Å². The highest BCUT2D eigenvalue weighted by molar-refractivity contribution is 6.19. The monoisotopic (exact) mass is 278 g/mol. The van der Waals surface area contributed by atoms with Crippen LogP contribution in [0.4, 0.5) is 4.79 Å². The molecule has 1 saturated heterocycles. The quantitative estimate of drug-likeness (QED) is 0.785. The third-order valence-corrected chi connectivity index (χ3v) is 6.45. The SMILES string of the molecule is CC1(C)C(CN2C(=O)NC(=O)C3(CCC3)C2=O)C1(C)C. The van der Waals surface area contributed by atoms with Crippen LogP contribution in [0.3, 0.4) is 0 Å². The van der Waals surface area contributed by atoms with Crippen molar-refractivity contribution >= 4 is 17.8 Å². The van der Waals surface area contributed by atoms with Gasteiger partial charge in [0.25, 0.3) is 0 Å². The number of hydrogen-bond donors (Lipinski definition) is 1. The lowest BCUT2D eigenvalue weighted by Crippen LogP contribution is -2.66. The second-order valence-corrected chi connectivity index (χ2v) is 7.61. The molecule has 1 heterocycles. The predicted molar refractivity (Wildman–Crippen MR) is 72.6 cm³/mol. The molecule has 1 spiro atoms. The normalized spacial score (nSPS) is 30.2. The van der Waals surface area contributed by atoms with Crippen molar-refractivity contribution in [1.29, 1.82) is 0 Å². The Balaban J connectivity index is 1.82. The average Bonchev–Trinajstić information content (AvgIpc) is 2.63. The number of rotatable bonds is 2. The summed E-state index contributed by atoms with van der Waals surface area (Å²) >= 11 is 0. The van der Waals surface area contributed by atoms with E-state index < -0.39 is 17.4 Å². The Bertz CT molecular complexity index is 503. The van der Waals surface area contributed by atoms with Crippen LogP contribution in [0.15, 0.2) is 0 Å². The van der Waals surface area contributed by atoms with Crippen LogP contribution in [-0.2, 0) is 9.59 Å². The molecular formula is C15H22N2O3. The minimum absolute atomic E-state index is 0.113. The van der Waals surface area contributed by atoms with Crippen LogP contribution in [0, 0.1) is 22.2 Å². The first-order valence-electron chi connectivity index (χ1n) is 7.32. The van der Waals surface area contributed by atoms with E-state index in [-0.39, 0.29) is 22.7 Å². The van der Waals surface area contributed by atoms with Crippen LogP contribution in [0.1, 0.15) is 47.0 Å². The first-order valence-corrected chi connectivity index (χ1v) is 7.32. The van der Waals surface area contributed by atoms with E-state index in [4.69, 9.17) is 0 Å². The van der Waals surface area contributed by atoms with E-state index in [1.807, 2.05) is 0 Å². The Morgan fingerprint density at radius 3 is 2.05 bits per heavy atom. The molecule has 110 valence electrons. The van der Waals surface area contributed by atoms with E-state index in [0.29, 0.717) is 19.4 Å². The number of nitrogens with zero attached hydrogens (tertiary/aromatic N) is 1. The fourth-order valence-electron chi connectivity index (χ4n) is 3.84. The maximum absolute atomic E-state index is 12.6. The van der Waals surface area contributed by atoms with Gasteiger partial charge in [-0.2, -0.15) is 0 Å². The first kappa shape index (κ1) is 13.6. The van der Waals surface area contributed by atoms with Crippen LogP contribution >= 0.6 is 0 Å². The molecule has 0 atom stereocenters. The number of carbonyl (C=O) groups excluding carboxylic acids is 3. The summed E-state index contributed by atoms with van der Waals surface area (Å²) in [5.74, 6) is -0.393. The van der Waals surface area contributed by atoms with Crippen molar-refractivity contribution in [2.24, 2.45) is 22.2 Å². The van der Waals surface area contributed by atoms with E-state index in [1.54, 1.807) is 0 Å². The van der Waals surface area contributed by atoms with Crippen molar-refractivity contribution in [3.63, 3.8) is 0 Å². The Morgan fingerprint density at radius 1 is 1.10 bits per heavy atom. The molecule has 0 bridgehead atoms. The molecule has 3 rings (SSSR count). The van der Waals surface area contributed by atoms with Crippen molar-refractivity contribution in [3.8, 4) is 0 Å². The number of urea groups is 1. The topological polar surface area (TPSA) is 66.5 Å². The number of amides is 4. The van der Waals surface area contributed by atoms with Gasteiger partial charge in [0.1, 0.15) is 5.41 Å². The fourth-order valence-corrected chi connectivity index (χ4v) is 3.84. The molecule has 0 radical (unpaired) electrons. The smallest absolute Gasteiger partial charge is 0.277 e. The van der Waals surface area contributed by atoms with Gasteiger partial charge in [0, 0.05) is 6.54 Å². The third-order valence-electron chi connectivity index (χ3n) is 6.45. The lowest BCUT2D eigenvalue weighted by molar-refractivity contribution is -0.157. The predicted octanol–water partition coefficient (Wildman–Crippen LogP) is 1.92. The summed E-state index contributed by atoms with van der Waals surface area (Å²) in [6.45, 7) is 9.06. The van der Waals surface area contributed by atoms with Gasteiger partial charge in [-0.05, 0) is 29.6 Å². The van der Waals surface area contributed by atoms with E-state index in [2.05, 4.69) is 33.0 Å². The maximum Gasteiger partial charge on any atom is 0.330 e. The molecule has 0 aromatic heterocycles. The third kappa shape index (κ3) is 1.41. The molecule has 0 unspecified atom stereocenters. The molecule has 2 saturated carbocycles. The van der Waals surface area contributed by atoms with Crippen LogP contribution < -0.4 is 5.32 Å². The van der Waals surface area contributed by atoms with Crippen LogP contribution in [0.2, 0.25) is 0 Å². The summed E-state index contributed by atoms with van der Waals surface area (Å²) in [6.07, 6.45) is 2.01. The summed E-state index contributed by atoms with van der Waals surface area (Å²) in [5, 5.41) is 2.37. The molecule has 4 amide bonds. The maximum atomic E-state index is 12.6. The lowest BCUT2D eigenvalue weighted by atomic mass is 9.66. The zero-order chi connectivity index (χ0) is 14.9. The molecule has 20 heavy (non-hydrogen) atoms. The van der Waals surface area contributed by atoms with E-state index in [9.17, 15) is 14.4 Å². The average molecular weight is 278 g/mol. The fraction of sp³-hybridized carbons (Fsp3) is 0.800. The molecule has 1 N–H and O–H groups in total. The van der Waals surface area contributed by atoms with Gasteiger partial charge in [-0.15, -0.1) is 0 Å². The number of nitrogens with one attached hydrogen (secondary N) is 1. The number of hydrogen-bond acceptors (Lipinski definition) is 3. The van der Waals surface area contributed by atoms with Gasteiger partial charge >= 0.3 is 6.03 Å². The number of carbonyl (C=O) groups is 3.